The molecule has 7 nitrogen and oxygen atoms in total. The summed E-state index contributed by atoms with van der Waals surface area (Å²) in [5.74, 6) is -0.764. The van der Waals surface area contributed by atoms with Crippen LogP contribution in [0.15, 0.2) is 64.2 Å². The molecule has 0 saturated heterocycles. The van der Waals surface area contributed by atoms with Crippen molar-refractivity contribution in [3.63, 3.8) is 0 Å². The molecule has 7 heteroatoms. The number of nitrogens with one attached hydrogen (secondary N) is 1. The SMILES string of the molecule is Cc1ccc2[nH]c(=O)c([C@H]3CC(=O)Oc4cc(C)n(CCc5ccc(O)cc5)c(=O)c43)cc2c1. The van der Waals surface area contributed by atoms with E-state index in [2.05, 4.69) is 4.98 Å². The highest BCUT2D eigenvalue weighted by Crippen LogP contribution is 2.36. The molecule has 172 valence electrons. The number of nitrogens with zero attached hydrogens (tertiary/aromatic N) is 1. The molecule has 0 unspecified atom stereocenters. The summed E-state index contributed by atoms with van der Waals surface area (Å²) in [5, 5.41) is 10.3. The summed E-state index contributed by atoms with van der Waals surface area (Å²) in [6.07, 6.45) is 0.504. The van der Waals surface area contributed by atoms with Crippen molar-refractivity contribution in [3.8, 4) is 11.5 Å². The number of esters is 1. The van der Waals surface area contributed by atoms with E-state index < -0.39 is 11.9 Å². The highest BCUT2D eigenvalue weighted by Gasteiger charge is 2.34. The highest BCUT2D eigenvalue weighted by atomic mass is 16.5. The number of phenols is 1. The number of pyridine rings is 2. The topological polar surface area (TPSA) is 101 Å². The van der Waals surface area contributed by atoms with Gasteiger partial charge in [0.25, 0.3) is 11.1 Å². The number of ether oxygens (including phenoxy) is 1. The number of H-pyrrole nitrogens is 1. The van der Waals surface area contributed by atoms with E-state index in [1.54, 1.807) is 35.8 Å². The number of aromatic hydroxyl groups is 1. The largest absolute Gasteiger partial charge is 0.508 e. The number of aryl methyl sites for hydroxylation is 3. The van der Waals surface area contributed by atoms with E-state index >= 15 is 0 Å². The molecule has 2 aromatic heterocycles. The number of rotatable bonds is 4. The van der Waals surface area contributed by atoms with Gasteiger partial charge in [-0.3, -0.25) is 14.4 Å². The molecular weight excluding hydrogens is 432 g/mol. The molecule has 2 N–H and O–H groups in total. The van der Waals surface area contributed by atoms with E-state index in [0.29, 0.717) is 35.3 Å². The molecular formula is C27H24N2O5. The van der Waals surface area contributed by atoms with Crippen molar-refractivity contribution in [3.05, 3.63) is 103 Å². The minimum Gasteiger partial charge on any atom is -0.508 e. The van der Waals surface area contributed by atoms with Gasteiger partial charge in [-0.15, -0.1) is 0 Å². The van der Waals surface area contributed by atoms with Gasteiger partial charge in [-0.25, -0.2) is 0 Å². The summed E-state index contributed by atoms with van der Waals surface area (Å²) in [7, 11) is 0. The fraction of sp³-hybridized carbons (Fsp3) is 0.222. The van der Waals surface area contributed by atoms with E-state index in [0.717, 1.165) is 16.5 Å². The van der Waals surface area contributed by atoms with Crippen molar-refractivity contribution >= 4 is 16.9 Å². The summed E-state index contributed by atoms with van der Waals surface area (Å²) in [6, 6.07) is 16.0. The number of hydrogen-bond acceptors (Lipinski definition) is 5. The predicted octanol–water partition coefficient (Wildman–Crippen LogP) is 3.70. The molecule has 0 amide bonds. The van der Waals surface area contributed by atoms with E-state index in [-0.39, 0.29) is 29.0 Å². The Morgan fingerprint density at radius 3 is 2.56 bits per heavy atom. The van der Waals surface area contributed by atoms with Gasteiger partial charge in [0.2, 0.25) is 0 Å². The van der Waals surface area contributed by atoms with Crippen molar-refractivity contribution in [2.75, 3.05) is 0 Å². The summed E-state index contributed by atoms with van der Waals surface area (Å²) in [4.78, 5) is 42.0. The Morgan fingerprint density at radius 1 is 1.03 bits per heavy atom. The molecule has 0 radical (unpaired) electrons. The van der Waals surface area contributed by atoms with Crippen molar-refractivity contribution in [1.29, 1.82) is 0 Å². The fourth-order valence-electron chi connectivity index (χ4n) is 4.64. The van der Waals surface area contributed by atoms with Crippen LogP contribution in [0.4, 0.5) is 0 Å². The van der Waals surface area contributed by atoms with E-state index in [4.69, 9.17) is 4.74 Å². The van der Waals surface area contributed by atoms with E-state index in [1.165, 1.54) is 0 Å². The first kappa shape index (κ1) is 21.7. The maximum Gasteiger partial charge on any atom is 0.312 e. The third-order valence-corrected chi connectivity index (χ3v) is 6.41. The number of carbonyl (C=O) groups excluding carboxylic acids is 1. The zero-order valence-corrected chi connectivity index (χ0v) is 18.9. The second-order valence-electron chi connectivity index (χ2n) is 8.81. The number of phenolic OH excluding ortho intramolecular Hbond substituents is 1. The zero-order valence-electron chi connectivity index (χ0n) is 18.9. The second-order valence-corrected chi connectivity index (χ2v) is 8.81. The van der Waals surface area contributed by atoms with Gasteiger partial charge in [0, 0.05) is 35.3 Å². The Morgan fingerprint density at radius 2 is 1.79 bits per heavy atom. The van der Waals surface area contributed by atoms with Gasteiger partial charge >= 0.3 is 5.97 Å². The summed E-state index contributed by atoms with van der Waals surface area (Å²) < 4.78 is 7.08. The molecule has 0 spiro atoms. The predicted molar refractivity (Wildman–Crippen MR) is 129 cm³/mol. The van der Waals surface area contributed by atoms with Crippen LogP contribution in [0.3, 0.4) is 0 Å². The summed E-state index contributed by atoms with van der Waals surface area (Å²) in [5.41, 5.74) is 3.50. The number of hydrogen-bond donors (Lipinski definition) is 2. The Balaban J connectivity index is 1.61. The zero-order chi connectivity index (χ0) is 24.0. The number of carbonyl (C=O) groups is 1. The van der Waals surface area contributed by atoms with Crippen molar-refractivity contribution < 1.29 is 14.6 Å². The molecule has 0 saturated carbocycles. The van der Waals surface area contributed by atoms with Crippen molar-refractivity contribution in [2.24, 2.45) is 0 Å². The van der Waals surface area contributed by atoms with Gasteiger partial charge in [-0.1, -0.05) is 23.8 Å². The van der Waals surface area contributed by atoms with Crippen LogP contribution in [0.1, 0.15) is 40.3 Å². The van der Waals surface area contributed by atoms with Crippen LogP contribution in [0.5, 0.6) is 11.5 Å². The Hall–Kier alpha value is -4.13. The molecule has 4 aromatic rings. The molecule has 1 aliphatic heterocycles. The van der Waals surface area contributed by atoms with Crippen LogP contribution >= 0.6 is 0 Å². The van der Waals surface area contributed by atoms with Crippen LogP contribution < -0.4 is 15.9 Å². The molecule has 34 heavy (non-hydrogen) atoms. The highest BCUT2D eigenvalue weighted by molar-refractivity contribution is 5.81. The third kappa shape index (κ3) is 3.90. The minimum absolute atomic E-state index is 0.0797. The number of fused-ring (bicyclic) bond motifs is 2. The number of aromatic nitrogens is 2. The summed E-state index contributed by atoms with van der Waals surface area (Å²) in [6.45, 7) is 4.17. The Labute approximate surface area is 195 Å². The number of aromatic amines is 1. The lowest BCUT2D eigenvalue weighted by molar-refractivity contribution is -0.135. The van der Waals surface area contributed by atoms with Crippen molar-refractivity contribution in [1.82, 2.24) is 9.55 Å². The minimum atomic E-state index is -0.696. The molecule has 1 atom stereocenters. The van der Waals surface area contributed by atoms with Crippen LogP contribution in [0.2, 0.25) is 0 Å². The number of benzene rings is 2. The average molecular weight is 456 g/mol. The first-order chi connectivity index (χ1) is 16.3. The quantitative estimate of drug-likeness (QED) is 0.456. The smallest absolute Gasteiger partial charge is 0.312 e. The molecule has 0 bridgehead atoms. The van der Waals surface area contributed by atoms with Gasteiger partial charge < -0.3 is 19.4 Å². The lowest BCUT2D eigenvalue weighted by atomic mass is 9.87. The monoisotopic (exact) mass is 456 g/mol. The molecule has 2 aromatic carbocycles. The molecule has 0 fully saturated rings. The fourth-order valence-corrected chi connectivity index (χ4v) is 4.64. The normalized spacial score (nSPS) is 15.2. The van der Waals surface area contributed by atoms with Crippen molar-refractivity contribution in [2.45, 2.75) is 39.2 Å². The van der Waals surface area contributed by atoms with Crippen LogP contribution in [0, 0.1) is 13.8 Å². The molecule has 0 aliphatic carbocycles. The third-order valence-electron chi connectivity index (χ3n) is 6.41. The molecule has 3 heterocycles. The van der Waals surface area contributed by atoms with Gasteiger partial charge in [0.05, 0.1) is 12.0 Å². The van der Waals surface area contributed by atoms with Crippen LogP contribution in [0.25, 0.3) is 10.9 Å². The maximum absolute atomic E-state index is 13.6. The van der Waals surface area contributed by atoms with Crippen LogP contribution in [-0.2, 0) is 17.8 Å². The Bertz CT molecular complexity index is 1550. The van der Waals surface area contributed by atoms with E-state index in [9.17, 15) is 19.5 Å². The van der Waals surface area contributed by atoms with E-state index in [1.807, 2.05) is 37.3 Å². The molecule has 5 rings (SSSR count). The maximum atomic E-state index is 13.6. The Kier molecular flexibility index (Phi) is 5.32. The van der Waals surface area contributed by atoms with Gasteiger partial charge in [-0.05, 0) is 61.5 Å². The summed E-state index contributed by atoms with van der Waals surface area (Å²) >= 11 is 0. The second kappa shape index (κ2) is 8.33. The van der Waals surface area contributed by atoms with Gasteiger partial charge in [0.1, 0.15) is 11.5 Å². The lowest BCUT2D eigenvalue weighted by Crippen LogP contribution is -2.35. The lowest BCUT2D eigenvalue weighted by Gasteiger charge is -2.26. The average Bonchev–Trinajstić information content (AvgIpc) is 2.79. The molecule has 1 aliphatic rings. The van der Waals surface area contributed by atoms with Crippen LogP contribution in [-0.4, -0.2) is 20.6 Å². The standard InChI is InChI=1S/C27H24N2O5/c1-15-3-8-22-18(11-15)13-21(26(32)28-22)20-14-24(31)34-23-12-16(2)29(27(33)25(20)23)10-9-17-4-6-19(30)7-5-17/h3-8,11-13,20,30H,9-10,14H2,1-2H3,(H,28,32)/t20-/m1/s1. The van der Waals surface area contributed by atoms with Gasteiger partial charge in [0.15, 0.2) is 0 Å². The first-order valence-corrected chi connectivity index (χ1v) is 11.2. The first-order valence-electron chi connectivity index (χ1n) is 11.2. The van der Waals surface area contributed by atoms with Gasteiger partial charge in [-0.2, -0.15) is 0 Å².